The van der Waals surface area contributed by atoms with E-state index >= 15 is 0 Å². The molecule has 7 heteroatoms. The van der Waals surface area contributed by atoms with Crippen LogP contribution in [0.25, 0.3) is 0 Å². The van der Waals surface area contributed by atoms with Crippen molar-refractivity contribution in [3.8, 4) is 5.75 Å². The molecule has 0 aliphatic rings. The van der Waals surface area contributed by atoms with Gasteiger partial charge in [0.2, 0.25) is 0 Å². The van der Waals surface area contributed by atoms with Crippen molar-refractivity contribution in [1.82, 2.24) is 14.7 Å². The number of hydrogen-bond acceptors (Lipinski definition) is 4. The maximum Gasteiger partial charge on any atom is 0.322 e. The van der Waals surface area contributed by atoms with Crippen LogP contribution in [0, 0.1) is 0 Å². The van der Waals surface area contributed by atoms with Crippen LogP contribution < -0.4 is 10.1 Å². The van der Waals surface area contributed by atoms with Gasteiger partial charge in [0.25, 0.3) is 5.91 Å². The summed E-state index contributed by atoms with van der Waals surface area (Å²) < 4.78 is 5.37. The maximum atomic E-state index is 13.1. The molecule has 0 bridgehead atoms. The molecule has 2 aromatic rings. The quantitative estimate of drug-likeness (QED) is 0.742. The highest BCUT2D eigenvalue weighted by atomic mass is 16.5. The molecule has 156 valence electrons. The molecule has 29 heavy (non-hydrogen) atoms. The third-order valence-corrected chi connectivity index (χ3v) is 4.41. The molecule has 0 aliphatic carbocycles. The highest BCUT2D eigenvalue weighted by Crippen LogP contribution is 2.26. The van der Waals surface area contributed by atoms with Crippen LogP contribution in [-0.2, 0) is 6.54 Å². The molecule has 0 heterocycles. The van der Waals surface area contributed by atoms with Gasteiger partial charge in [-0.3, -0.25) is 4.79 Å². The summed E-state index contributed by atoms with van der Waals surface area (Å²) in [5.74, 6) is 0.359. The molecule has 0 fully saturated rings. The molecular weight excluding hydrogens is 368 g/mol. The molecule has 0 saturated heterocycles. The monoisotopic (exact) mass is 398 g/mol. The van der Waals surface area contributed by atoms with Gasteiger partial charge in [-0.1, -0.05) is 30.3 Å². The van der Waals surface area contributed by atoms with Crippen molar-refractivity contribution in [2.45, 2.75) is 6.54 Å². The van der Waals surface area contributed by atoms with Crippen LogP contribution >= 0.6 is 0 Å². The van der Waals surface area contributed by atoms with Gasteiger partial charge in [0, 0.05) is 39.3 Å². The van der Waals surface area contributed by atoms with Crippen molar-refractivity contribution in [2.75, 3.05) is 53.7 Å². The summed E-state index contributed by atoms with van der Waals surface area (Å²) in [6, 6.07) is 14.6. The zero-order valence-corrected chi connectivity index (χ0v) is 17.8. The zero-order chi connectivity index (χ0) is 21.4. The lowest BCUT2D eigenvalue weighted by molar-refractivity contribution is 0.0827. The molecule has 7 nitrogen and oxygen atoms in total. The van der Waals surface area contributed by atoms with E-state index < -0.39 is 0 Å². The predicted octanol–water partition coefficient (Wildman–Crippen LogP) is 2.99. The average Bonchev–Trinajstić information content (AvgIpc) is 2.70. The summed E-state index contributed by atoms with van der Waals surface area (Å²) in [7, 11) is 8.85. The number of nitrogens with zero attached hydrogens (tertiary/aromatic N) is 3. The van der Waals surface area contributed by atoms with Crippen LogP contribution in [0.3, 0.4) is 0 Å². The van der Waals surface area contributed by atoms with Gasteiger partial charge in [-0.25, -0.2) is 4.79 Å². The first kappa shape index (κ1) is 22.2. The molecule has 1 N–H and O–H groups in total. The number of rotatable bonds is 8. The predicted molar refractivity (Wildman–Crippen MR) is 115 cm³/mol. The second-order valence-corrected chi connectivity index (χ2v) is 7.26. The number of hydrogen-bond donors (Lipinski definition) is 1. The fraction of sp³-hybridized carbons (Fsp3) is 0.364. The molecular formula is C22H30N4O3. The van der Waals surface area contributed by atoms with Crippen molar-refractivity contribution in [3.05, 3.63) is 59.7 Å². The SMILES string of the molecule is COc1ccc(C(=O)N(C)C)cc1NC(=O)N(CCN(C)C)Cc1ccccc1. The second-order valence-electron chi connectivity index (χ2n) is 7.26. The van der Waals surface area contributed by atoms with E-state index in [0.717, 1.165) is 12.1 Å². The number of carbonyl (C=O) groups is 2. The van der Waals surface area contributed by atoms with Crippen LogP contribution in [0.5, 0.6) is 5.75 Å². The lowest BCUT2D eigenvalue weighted by Gasteiger charge is -2.25. The molecule has 0 aliphatic heterocycles. The number of carbonyl (C=O) groups excluding carboxylic acids is 2. The van der Waals surface area contributed by atoms with Crippen molar-refractivity contribution in [2.24, 2.45) is 0 Å². The molecule has 0 unspecified atom stereocenters. The molecule has 2 rings (SSSR count). The Morgan fingerprint density at radius 2 is 1.66 bits per heavy atom. The van der Waals surface area contributed by atoms with E-state index in [2.05, 4.69) is 5.32 Å². The van der Waals surface area contributed by atoms with E-state index in [1.54, 1.807) is 37.2 Å². The van der Waals surface area contributed by atoms with E-state index in [1.165, 1.54) is 12.0 Å². The van der Waals surface area contributed by atoms with Gasteiger partial charge in [0.1, 0.15) is 5.75 Å². The Bertz CT molecular complexity index is 822. The molecule has 2 aromatic carbocycles. The Balaban J connectivity index is 2.24. The molecule has 3 amide bonds. The second kappa shape index (κ2) is 10.5. The average molecular weight is 399 g/mol. The van der Waals surface area contributed by atoms with Crippen LogP contribution in [0.2, 0.25) is 0 Å². The first-order valence-electron chi connectivity index (χ1n) is 9.46. The van der Waals surface area contributed by atoms with E-state index in [0.29, 0.717) is 30.1 Å². The van der Waals surface area contributed by atoms with Gasteiger partial charge in [-0.2, -0.15) is 0 Å². The Labute approximate surface area is 172 Å². The number of benzene rings is 2. The van der Waals surface area contributed by atoms with E-state index in [4.69, 9.17) is 4.74 Å². The molecule has 0 atom stereocenters. The van der Waals surface area contributed by atoms with E-state index in [1.807, 2.05) is 49.3 Å². The number of ether oxygens (including phenoxy) is 1. The summed E-state index contributed by atoms with van der Waals surface area (Å²) in [6.45, 7) is 1.78. The highest BCUT2D eigenvalue weighted by Gasteiger charge is 2.18. The molecule has 0 radical (unpaired) electrons. The van der Waals surface area contributed by atoms with Gasteiger partial charge in [-0.15, -0.1) is 0 Å². The van der Waals surface area contributed by atoms with Crippen molar-refractivity contribution in [3.63, 3.8) is 0 Å². The summed E-state index contributed by atoms with van der Waals surface area (Å²) in [6.07, 6.45) is 0. The van der Waals surface area contributed by atoms with Crippen LogP contribution in [-0.4, -0.2) is 75.0 Å². The number of amides is 3. The minimum atomic E-state index is -0.247. The minimum Gasteiger partial charge on any atom is -0.495 e. The zero-order valence-electron chi connectivity index (χ0n) is 17.8. The number of urea groups is 1. The third-order valence-electron chi connectivity index (χ3n) is 4.41. The fourth-order valence-electron chi connectivity index (χ4n) is 2.77. The van der Waals surface area contributed by atoms with Crippen LogP contribution in [0.4, 0.5) is 10.5 Å². The van der Waals surface area contributed by atoms with Gasteiger partial charge >= 0.3 is 6.03 Å². The fourth-order valence-corrected chi connectivity index (χ4v) is 2.77. The first-order chi connectivity index (χ1) is 13.8. The largest absolute Gasteiger partial charge is 0.495 e. The number of anilines is 1. The van der Waals surface area contributed by atoms with Gasteiger partial charge in [0.05, 0.1) is 12.8 Å². The van der Waals surface area contributed by atoms with Crippen molar-refractivity contribution >= 4 is 17.6 Å². The highest BCUT2D eigenvalue weighted by molar-refractivity contribution is 5.97. The summed E-state index contributed by atoms with van der Waals surface area (Å²) in [5.41, 5.74) is 1.99. The number of likely N-dealkylation sites (N-methyl/N-ethyl adjacent to an activating group) is 1. The smallest absolute Gasteiger partial charge is 0.322 e. The van der Waals surface area contributed by atoms with Crippen LogP contribution in [0.1, 0.15) is 15.9 Å². The first-order valence-corrected chi connectivity index (χ1v) is 9.46. The van der Waals surface area contributed by atoms with Gasteiger partial charge in [0.15, 0.2) is 0 Å². The summed E-state index contributed by atoms with van der Waals surface area (Å²) in [5, 5.41) is 2.91. The van der Waals surface area contributed by atoms with Crippen molar-refractivity contribution in [1.29, 1.82) is 0 Å². The Kier molecular flexibility index (Phi) is 8.03. The normalized spacial score (nSPS) is 10.6. The van der Waals surface area contributed by atoms with Gasteiger partial charge < -0.3 is 24.8 Å². The Morgan fingerprint density at radius 3 is 2.24 bits per heavy atom. The topological polar surface area (TPSA) is 65.1 Å². The standard InChI is InChI=1S/C22H30N4O3/c1-24(2)13-14-26(16-17-9-7-6-8-10-17)22(28)23-19-15-18(21(27)25(3)4)11-12-20(19)29-5/h6-12,15H,13-14,16H2,1-5H3,(H,23,28). The minimum absolute atomic E-state index is 0.142. The number of nitrogens with one attached hydrogen (secondary N) is 1. The summed E-state index contributed by atoms with van der Waals surface area (Å²) >= 11 is 0. The molecule has 0 saturated carbocycles. The lowest BCUT2D eigenvalue weighted by Crippen LogP contribution is -2.39. The van der Waals surface area contributed by atoms with Crippen molar-refractivity contribution < 1.29 is 14.3 Å². The summed E-state index contributed by atoms with van der Waals surface area (Å²) in [4.78, 5) is 30.6. The van der Waals surface area contributed by atoms with Gasteiger partial charge in [-0.05, 0) is 37.9 Å². The third kappa shape index (κ3) is 6.50. The number of methoxy groups -OCH3 is 1. The lowest BCUT2D eigenvalue weighted by atomic mass is 10.1. The Hall–Kier alpha value is -3.06. The Morgan fingerprint density at radius 1 is 0.966 bits per heavy atom. The van der Waals surface area contributed by atoms with E-state index in [9.17, 15) is 9.59 Å². The molecule has 0 aromatic heterocycles. The maximum absolute atomic E-state index is 13.1. The van der Waals surface area contributed by atoms with Crippen LogP contribution in [0.15, 0.2) is 48.5 Å². The molecule has 0 spiro atoms. The van der Waals surface area contributed by atoms with E-state index in [-0.39, 0.29) is 11.9 Å².